The van der Waals surface area contributed by atoms with Gasteiger partial charge in [-0.25, -0.2) is 0 Å². The van der Waals surface area contributed by atoms with Gasteiger partial charge in [-0.2, -0.15) is 0 Å². The fourth-order valence-electron chi connectivity index (χ4n) is 2.81. The Labute approximate surface area is 107 Å². The standard InChI is InChI=1S/C12H21N3O3/c1-18-6-4-9(13)12(17)15-5-2-3-8-10(15)7-14-11(8)16/h8-10H,2-7,13H2,1H3,(H,14,16). The van der Waals surface area contributed by atoms with Crippen LogP contribution in [0.3, 0.4) is 0 Å². The zero-order chi connectivity index (χ0) is 13.1. The fourth-order valence-corrected chi connectivity index (χ4v) is 2.81. The topological polar surface area (TPSA) is 84.7 Å². The SMILES string of the molecule is COCCC(N)C(=O)N1CCCC2C(=O)NCC21. The smallest absolute Gasteiger partial charge is 0.239 e. The van der Waals surface area contributed by atoms with Crippen LogP contribution in [0.5, 0.6) is 0 Å². The number of carbonyl (C=O) groups excluding carboxylic acids is 2. The molecule has 2 aliphatic heterocycles. The first-order valence-electron chi connectivity index (χ1n) is 6.48. The number of rotatable bonds is 4. The molecule has 0 spiro atoms. The number of amides is 2. The van der Waals surface area contributed by atoms with Crippen molar-refractivity contribution in [3.63, 3.8) is 0 Å². The van der Waals surface area contributed by atoms with E-state index in [1.165, 1.54) is 0 Å². The van der Waals surface area contributed by atoms with E-state index in [0.29, 0.717) is 26.1 Å². The molecule has 2 aliphatic rings. The molecule has 0 aromatic rings. The lowest BCUT2D eigenvalue weighted by Crippen LogP contribution is -2.54. The van der Waals surface area contributed by atoms with Gasteiger partial charge in [0.15, 0.2) is 0 Å². The van der Waals surface area contributed by atoms with Crippen molar-refractivity contribution in [2.75, 3.05) is 26.8 Å². The van der Waals surface area contributed by atoms with Crippen LogP contribution in [0.25, 0.3) is 0 Å². The third-order valence-electron chi connectivity index (χ3n) is 3.83. The van der Waals surface area contributed by atoms with Gasteiger partial charge in [-0.1, -0.05) is 0 Å². The lowest BCUT2D eigenvalue weighted by atomic mass is 9.91. The van der Waals surface area contributed by atoms with Gasteiger partial charge >= 0.3 is 0 Å². The Hall–Kier alpha value is -1.14. The van der Waals surface area contributed by atoms with Crippen LogP contribution in [0.4, 0.5) is 0 Å². The van der Waals surface area contributed by atoms with Crippen LogP contribution in [0.1, 0.15) is 19.3 Å². The maximum Gasteiger partial charge on any atom is 0.239 e. The molecular weight excluding hydrogens is 234 g/mol. The Bertz CT molecular complexity index is 335. The predicted molar refractivity (Wildman–Crippen MR) is 65.7 cm³/mol. The van der Waals surface area contributed by atoms with Crippen molar-refractivity contribution in [1.82, 2.24) is 10.2 Å². The summed E-state index contributed by atoms with van der Waals surface area (Å²) in [5, 5.41) is 2.83. The van der Waals surface area contributed by atoms with Crippen molar-refractivity contribution in [3.05, 3.63) is 0 Å². The van der Waals surface area contributed by atoms with Crippen molar-refractivity contribution < 1.29 is 14.3 Å². The van der Waals surface area contributed by atoms with E-state index in [9.17, 15) is 9.59 Å². The zero-order valence-electron chi connectivity index (χ0n) is 10.7. The van der Waals surface area contributed by atoms with Crippen molar-refractivity contribution >= 4 is 11.8 Å². The molecule has 2 saturated heterocycles. The number of hydrogen-bond acceptors (Lipinski definition) is 4. The highest BCUT2D eigenvalue weighted by Gasteiger charge is 2.43. The summed E-state index contributed by atoms with van der Waals surface area (Å²) in [6.07, 6.45) is 2.26. The van der Waals surface area contributed by atoms with E-state index in [2.05, 4.69) is 5.32 Å². The van der Waals surface area contributed by atoms with Crippen LogP contribution in [0, 0.1) is 5.92 Å². The molecule has 0 bridgehead atoms. The van der Waals surface area contributed by atoms with E-state index in [1.54, 1.807) is 12.0 Å². The van der Waals surface area contributed by atoms with E-state index >= 15 is 0 Å². The zero-order valence-corrected chi connectivity index (χ0v) is 10.7. The highest BCUT2D eigenvalue weighted by molar-refractivity contribution is 5.86. The highest BCUT2D eigenvalue weighted by Crippen LogP contribution is 2.27. The maximum absolute atomic E-state index is 12.3. The number of carbonyl (C=O) groups is 2. The first-order chi connectivity index (χ1) is 8.65. The van der Waals surface area contributed by atoms with E-state index in [-0.39, 0.29) is 23.8 Å². The molecule has 102 valence electrons. The minimum atomic E-state index is -0.528. The van der Waals surface area contributed by atoms with E-state index in [1.807, 2.05) is 0 Å². The number of methoxy groups -OCH3 is 1. The normalized spacial score (nSPS) is 28.8. The lowest BCUT2D eigenvalue weighted by molar-refractivity contribution is -0.138. The van der Waals surface area contributed by atoms with E-state index in [0.717, 1.165) is 12.8 Å². The second-order valence-electron chi connectivity index (χ2n) is 4.98. The summed E-state index contributed by atoms with van der Waals surface area (Å²) in [7, 11) is 1.59. The molecule has 18 heavy (non-hydrogen) atoms. The third-order valence-corrected chi connectivity index (χ3v) is 3.83. The minimum Gasteiger partial charge on any atom is -0.385 e. The van der Waals surface area contributed by atoms with Crippen LogP contribution in [0.2, 0.25) is 0 Å². The largest absolute Gasteiger partial charge is 0.385 e. The Morgan fingerprint density at radius 1 is 1.67 bits per heavy atom. The van der Waals surface area contributed by atoms with Crippen molar-refractivity contribution in [2.45, 2.75) is 31.3 Å². The van der Waals surface area contributed by atoms with Crippen LogP contribution in [-0.4, -0.2) is 55.6 Å². The molecule has 2 rings (SSSR count). The van der Waals surface area contributed by atoms with Crippen LogP contribution in [-0.2, 0) is 14.3 Å². The van der Waals surface area contributed by atoms with Gasteiger partial charge in [-0.3, -0.25) is 9.59 Å². The second-order valence-corrected chi connectivity index (χ2v) is 4.98. The fraction of sp³-hybridized carbons (Fsp3) is 0.833. The first-order valence-corrected chi connectivity index (χ1v) is 6.48. The first kappa shape index (κ1) is 13.3. The van der Waals surface area contributed by atoms with Gasteiger partial charge in [0.05, 0.1) is 18.0 Å². The van der Waals surface area contributed by atoms with Crippen LogP contribution < -0.4 is 11.1 Å². The van der Waals surface area contributed by atoms with Gasteiger partial charge in [-0.05, 0) is 19.3 Å². The molecular formula is C12H21N3O3. The molecule has 2 amide bonds. The number of hydrogen-bond donors (Lipinski definition) is 2. The molecule has 3 unspecified atom stereocenters. The van der Waals surface area contributed by atoms with Gasteiger partial charge in [0.25, 0.3) is 0 Å². The Balaban J connectivity index is 1.99. The molecule has 3 N–H and O–H groups in total. The minimum absolute atomic E-state index is 0.00709. The molecule has 0 aliphatic carbocycles. The number of nitrogens with zero attached hydrogens (tertiary/aromatic N) is 1. The summed E-state index contributed by atoms with van der Waals surface area (Å²) in [5.41, 5.74) is 5.88. The van der Waals surface area contributed by atoms with Crippen molar-refractivity contribution in [3.8, 4) is 0 Å². The summed E-state index contributed by atoms with van der Waals surface area (Å²) >= 11 is 0. The molecule has 2 fully saturated rings. The van der Waals surface area contributed by atoms with E-state index < -0.39 is 6.04 Å². The number of piperidine rings is 1. The maximum atomic E-state index is 12.3. The summed E-state index contributed by atoms with van der Waals surface area (Å²) in [6, 6.07) is -0.535. The molecule has 0 radical (unpaired) electrons. The Kier molecular flexibility index (Phi) is 4.19. The van der Waals surface area contributed by atoms with Gasteiger partial charge in [0.1, 0.15) is 0 Å². The number of ether oxygens (including phenoxy) is 1. The van der Waals surface area contributed by atoms with Crippen molar-refractivity contribution in [1.29, 1.82) is 0 Å². The van der Waals surface area contributed by atoms with Crippen LogP contribution in [0.15, 0.2) is 0 Å². The molecule has 2 heterocycles. The van der Waals surface area contributed by atoms with Crippen LogP contribution >= 0.6 is 0 Å². The monoisotopic (exact) mass is 255 g/mol. The molecule has 3 atom stereocenters. The quantitative estimate of drug-likeness (QED) is 0.681. The number of likely N-dealkylation sites (tertiary alicyclic amines) is 1. The number of fused-ring (bicyclic) bond motifs is 1. The Morgan fingerprint density at radius 2 is 2.44 bits per heavy atom. The third kappa shape index (κ3) is 2.49. The highest BCUT2D eigenvalue weighted by atomic mass is 16.5. The number of nitrogens with one attached hydrogen (secondary N) is 1. The second kappa shape index (κ2) is 5.67. The summed E-state index contributed by atoms with van der Waals surface area (Å²) in [4.78, 5) is 25.7. The average molecular weight is 255 g/mol. The van der Waals surface area contributed by atoms with Gasteiger partial charge in [0, 0.05) is 26.8 Å². The van der Waals surface area contributed by atoms with Gasteiger partial charge in [-0.15, -0.1) is 0 Å². The van der Waals surface area contributed by atoms with Gasteiger partial charge < -0.3 is 20.7 Å². The summed E-state index contributed by atoms with van der Waals surface area (Å²) in [5.74, 6) is -0.0291. The molecule has 0 saturated carbocycles. The molecule has 6 nitrogen and oxygen atoms in total. The van der Waals surface area contributed by atoms with E-state index in [4.69, 9.17) is 10.5 Å². The molecule has 0 aromatic heterocycles. The number of nitrogens with two attached hydrogens (primary N) is 1. The lowest BCUT2D eigenvalue weighted by Gasteiger charge is -2.37. The van der Waals surface area contributed by atoms with Crippen molar-refractivity contribution in [2.24, 2.45) is 11.7 Å². The predicted octanol–water partition coefficient (Wildman–Crippen LogP) is -0.913. The average Bonchev–Trinajstić information content (AvgIpc) is 2.77. The molecule has 6 heteroatoms. The Morgan fingerprint density at radius 3 is 3.17 bits per heavy atom. The summed E-state index contributed by atoms with van der Waals surface area (Å²) in [6.45, 7) is 1.74. The van der Waals surface area contributed by atoms with Gasteiger partial charge in [0.2, 0.25) is 11.8 Å². The molecule has 0 aromatic carbocycles. The summed E-state index contributed by atoms with van der Waals surface area (Å²) < 4.78 is 4.94.